The maximum Gasteiger partial charge on any atom is 0.258 e. The fourth-order valence-electron chi connectivity index (χ4n) is 2.12. The summed E-state index contributed by atoms with van der Waals surface area (Å²) < 4.78 is 2.51. The summed E-state index contributed by atoms with van der Waals surface area (Å²) in [4.78, 5) is 12.2. The summed E-state index contributed by atoms with van der Waals surface area (Å²) in [5.74, 6) is 0.314. The number of aromatic nitrogens is 2. The molecule has 0 bridgehead atoms. The fraction of sp³-hybridized carbons (Fsp3) is 0.0588. The lowest BCUT2D eigenvalue weighted by molar-refractivity contribution is 0.102. The molecule has 0 atom stereocenters. The van der Waals surface area contributed by atoms with E-state index in [1.807, 2.05) is 48.7 Å². The van der Waals surface area contributed by atoms with E-state index in [0.717, 1.165) is 10.0 Å². The Hall–Kier alpha value is -2.11. The number of halogens is 2. The van der Waals surface area contributed by atoms with Gasteiger partial charge in [-0.05, 0) is 45.8 Å². The van der Waals surface area contributed by atoms with Gasteiger partial charge in [-0.3, -0.25) is 9.48 Å². The molecular weight excluding hydrogens is 378 g/mol. The predicted octanol–water partition coefficient (Wildman–Crippen LogP) is 4.60. The zero-order valence-electron chi connectivity index (χ0n) is 12.0. The van der Waals surface area contributed by atoms with Crippen molar-refractivity contribution in [1.82, 2.24) is 9.78 Å². The van der Waals surface area contributed by atoms with E-state index in [2.05, 4.69) is 26.3 Å². The highest BCUT2D eigenvalue weighted by atomic mass is 79.9. The van der Waals surface area contributed by atoms with E-state index in [1.54, 1.807) is 16.8 Å². The van der Waals surface area contributed by atoms with E-state index in [1.165, 1.54) is 0 Å². The summed E-state index contributed by atoms with van der Waals surface area (Å²) in [6.45, 7) is 0.613. The maximum absolute atomic E-state index is 12.2. The SMILES string of the molecule is O=C(Nc1ccn(Cc2ccc(Cl)cc2)n1)c1ccccc1Br. The van der Waals surface area contributed by atoms with Gasteiger partial charge in [0.05, 0.1) is 12.1 Å². The quantitative estimate of drug-likeness (QED) is 0.708. The Labute approximate surface area is 147 Å². The lowest BCUT2D eigenvalue weighted by Crippen LogP contribution is -2.13. The van der Waals surface area contributed by atoms with Gasteiger partial charge in [0.2, 0.25) is 0 Å². The summed E-state index contributed by atoms with van der Waals surface area (Å²) in [5, 5.41) is 7.86. The van der Waals surface area contributed by atoms with E-state index < -0.39 is 0 Å². The number of hydrogen-bond acceptors (Lipinski definition) is 2. The third kappa shape index (κ3) is 4.00. The molecule has 1 amide bonds. The van der Waals surface area contributed by atoms with Crippen molar-refractivity contribution in [3.05, 3.63) is 81.4 Å². The van der Waals surface area contributed by atoms with Crippen molar-refractivity contribution in [2.24, 2.45) is 0 Å². The van der Waals surface area contributed by atoms with Gasteiger partial charge in [-0.2, -0.15) is 5.10 Å². The minimum Gasteiger partial charge on any atom is -0.305 e. The molecule has 0 spiro atoms. The Kier molecular flexibility index (Phi) is 4.79. The van der Waals surface area contributed by atoms with E-state index in [9.17, 15) is 4.79 Å². The number of carbonyl (C=O) groups excluding carboxylic acids is 1. The maximum atomic E-state index is 12.2. The average Bonchev–Trinajstić information content (AvgIpc) is 2.97. The van der Waals surface area contributed by atoms with Gasteiger partial charge in [-0.25, -0.2) is 0 Å². The topological polar surface area (TPSA) is 46.9 Å². The molecule has 0 aliphatic heterocycles. The molecule has 0 unspecified atom stereocenters. The molecule has 3 rings (SSSR count). The largest absolute Gasteiger partial charge is 0.305 e. The first-order valence-corrected chi connectivity index (χ1v) is 8.13. The minimum atomic E-state index is -0.200. The Morgan fingerprint density at radius 2 is 1.87 bits per heavy atom. The van der Waals surface area contributed by atoms with E-state index in [-0.39, 0.29) is 5.91 Å². The summed E-state index contributed by atoms with van der Waals surface area (Å²) in [6.07, 6.45) is 1.82. The van der Waals surface area contributed by atoms with Gasteiger partial charge in [0, 0.05) is 21.8 Å². The number of rotatable bonds is 4. The second-order valence-electron chi connectivity index (χ2n) is 4.96. The van der Waals surface area contributed by atoms with Crippen LogP contribution < -0.4 is 5.32 Å². The van der Waals surface area contributed by atoms with Crippen LogP contribution in [0.3, 0.4) is 0 Å². The van der Waals surface area contributed by atoms with Gasteiger partial charge in [-0.1, -0.05) is 35.9 Å². The third-order valence-corrected chi connectivity index (χ3v) is 4.20. The fourth-order valence-corrected chi connectivity index (χ4v) is 2.71. The van der Waals surface area contributed by atoms with Crippen molar-refractivity contribution in [3.8, 4) is 0 Å². The highest BCUT2D eigenvalue weighted by Gasteiger charge is 2.10. The van der Waals surface area contributed by atoms with E-state index >= 15 is 0 Å². The Bertz CT molecular complexity index is 830. The van der Waals surface area contributed by atoms with Gasteiger partial charge in [0.1, 0.15) is 0 Å². The van der Waals surface area contributed by atoms with Gasteiger partial charge in [-0.15, -0.1) is 0 Å². The summed E-state index contributed by atoms with van der Waals surface area (Å²) in [5.41, 5.74) is 1.65. The molecule has 1 aromatic heterocycles. The van der Waals surface area contributed by atoms with Crippen LogP contribution in [-0.4, -0.2) is 15.7 Å². The molecule has 0 saturated carbocycles. The summed E-state index contributed by atoms with van der Waals surface area (Å²) in [6, 6.07) is 16.6. The molecular formula is C17H13BrClN3O. The molecule has 23 heavy (non-hydrogen) atoms. The van der Waals surface area contributed by atoms with Gasteiger partial charge in [0.25, 0.3) is 5.91 Å². The number of nitrogens with one attached hydrogen (secondary N) is 1. The van der Waals surface area contributed by atoms with Crippen molar-refractivity contribution in [3.63, 3.8) is 0 Å². The Balaban J connectivity index is 1.69. The van der Waals surface area contributed by atoms with Crippen LogP contribution in [0.25, 0.3) is 0 Å². The predicted molar refractivity (Wildman–Crippen MR) is 94.9 cm³/mol. The van der Waals surface area contributed by atoms with Crippen LogP contribution >= 0.6 is 27.5 Å². The molecule has 0 aliphatic rings. The van der Waals surface area contributed by atoms with Crippen molar-refractivity contribution in [2.45, 2.75) is 6.54 Å². The van der Waals surface area contributed by atoms with Crippen molar-refractivity contribution in [2.75, 3.05) is 5.32 Å². The third-order valence-electron chi connectivity index (χ3n) is 3.26. The van der Waals surface area contributed by atoms with E-state index in [0.29, 0.717) is 22.9 Å². The molecule has 0 radical (unpaired) electrons. The summed E-state index contributed by atoms with van der Waals surface area (Å²) in [7, 11) is 0. The number of nitrogens with zero attached hydrogens (tertiary/aromatic N) is 2. The molecule has 1 heterocycles. The smallest absolute Gasteiger partial charge is 0.258 e. The molecule has 2 aromatic carbocycles. The van der Waals surface area contributed by atoms with Crippen molar-refractivity contribution in [1.29, 1.82) is 0 Å². The second kappa shape index (κ2) is 6.98. The minimum absolute atomic E-state index is 0.200. The Morgan fingerprint density at radius 3 is 2.61 bits per heavy atom. The van der Waals surface area contributed by atoms with Crippen molar-refractivity contribution >= 4 is 39.3 Å². The van der Waals surface area contributed by atoms with Crippen molar-refractivity contribution < 1.29 is 4.79 Å². The average molecular weight is 391 g/mol. The number of carbonyl (C=O) groups is 1. The standard InChI is InChI=1S/C17H13BrClN3O/c18-15-4-2-1-3-14(15)17(23)20-16-9-10-22(21-16)11-12-5-7-13(19)8-6-12/h1-10H,11H2,(H,20,21,23). The number of amides is 1. The highest BCUT2D eigenvalue weighted by molar-refractivity contribution is 9.10. The first-order valence-electron chi connectivity index (χ1n) is 6.95. The molecule has 0 aliphatic carbocycles. The van der Waals surface area contributed by atoms with Crippen LogP contribution in [0.15, 0.2) is 65.3 Å². The molecule has 4 nitrogen and oxygen atoms in total. The van der Waals surface area contributed by atoms with Crippen LogP contribution in [0.4, 0.5) is 5.82 Å². The van der Waals surface area contributed by atoms with Gasteiger partial charge >= 0.3 is 0 Å². The number of benzene rings is 2. The molecule has 116 valence electrons. The van der Waals surface area contributed by atoms with Crippen LogP contribution in [0, 0.1) is 0 Å². The molecule has 0 fully saturated rings. The second-order valence-corrected chi connectivity index (χ2v) is 6.25. The molecule has 1 N–H and O–H groups in total. The van der Waals surface area contributed by atoms with Crippen LogP contribution in [0.2, 0.25) is 5.02 Å². The monoisotopic (exact) mass is 389 g/mol. The highest BCUT2D eigenvalue weighted by Crippen LogP contribution is 2.17. The first-order chi connectivity index (χ1) is 11.1. The van der Waals surface area contributed by atoms with Crippen LogP contribution in [0.1, 0.15) is 15.9 Å². The molecule has 3 aromatic rings. The van der Waals surface area contributed by atoms with Gasteiger partial charge in [0.15, 0.2) is 5.82 Å². The molecule has 0 saturated heterocycles. The lowest BCUT2D eigenvalue weighted by atomic mass is 10.2. The number of hydrogen-bond donors (Lipinski definition) is 1. The molecule has 6 heteroatoms. The summed E-state index contributed by atoms with van der Waals surface area (Å²) >= 11 is 9.24. The zero-order valence-corrected chi connectivity index (χ0v) is 14.4. The lowest BCUT2D eigenvalue weighted by Gasteiger charge is -2.04. The van der Waals surface area contributed by atoms with Crippen LogP contribution in [0.5, 0.6) is 0 Å². The van der Waals surface area contributed by atoms with Crippen LogP contribution in [-0.2, 0) is 6.54 Å². The normalized spacial score (nSPS) is 10.5. The van der Waals surface area contributed by atoms with E-state index in [4.69, 9.17) is 11.6 Å². The van der Waals surface area contributed by atoms with Gasteiger partial charge < -0.3 is 5.32 Å². The first kappa shape index (κ1) is 15.8. The zero-order chi connectivity index (χ0) is 16.2. The Morgan fingerprint density at radius 1 is 1.13 bits per heavy atom. The number of anilines is 1.